The molecule has 0 aliphatic heterocycles. The normalized spacial score (nSPS) is 11.8. The second-order valence-electron chi connectivity index (χ2n) is 7.52. The van der Waals surface area contributed by atoms with Crippen LogP contribution in [0, 0.1) is 0 Å². The van der Waals surface area contributed by atoms with Gasteiger partial charge >= 0.3 is 0 Å². The molecule has 0 radical (unpaired) electrons. The largest absolute Gasteiger partial charge is 0.322 e. The zero-order chi connectivity index (χ0) is 22.9. The van der Waals surface area contributed by atoms with Gasteiger partial charge in [0.1, 0.15) is 6.33 Å². The molecule has 1 heterocycles. The highest BCUT2D eigenvalue weighted by atomic mass is 35.5. The molecule has 4 aromatic rings. The highest BCUT2D eigenvalue weighted by Gasteiger charge is 2.19. The van der Waals surface area contributed by atoms with E-state index in [1.54, 1.807) is 32.3 Å². The lowest BCUT2D eigenvalue weighted by Crippen LogP contribution is -2.30. The maximum atomic E-state index is 12.8. The van der Waals surface area contributed by atoms with Crippen molar-refractivity contribution in [3.05, 3.63) is 83.6 Å². The molecule has 0 bridgehead atoms. The van der Waals surface area contributed by atoms with Crippen LogP contribution in [0.1, 0.15) is 24.2 Å². The van der Waals surface area contributed by atoms with E-state index in [2.05, 4.69) is 15.0 Å². The van der Waals surface area contributed by atoms with Gasteiger partial charge in [-0.15, -0.1) is 0 Å². The molecule has 7 nitrogen and oxygen atoms in total. The average molecular weight is 469 g/mol. The summed E-state index contributed by atoms with van der Waals surface area (Å²) in [5.41, 5.74) is 3.38. The van der Waals surface area contributed by atoms with Crippen LogP contribution in [0.2, 0.25) is 5.02 Å². The number of nitrogens with one attached hydrogen (secondary N) is 2. The molecule has 0 aliphatic rings. The standard InChI is InChI=1S/C23H21ClN4O3S/c1-15(2)27-32(30,31)18-11-12-20(24)19(13-18)23(29)26-16-7-9-17(10-8-16)28-14-25-21-5-3-4-6-22(21)28/h3-15,27H,1-2H3,(H,26,29). The number of nitrogens with zero attached hydrogens (tertiary/aromatic N) is 2. The Morgan fingerprint density at radius 1 is 1.03 bits per heavy atom. The van der Waals surface area contributed by atoms with Crippen molar-refractivity contribution in [2.24, 2.45) is 0 Å². The quantitative estimate of drug-likeness (QED) is 0.432. The molecule has 164 valence electrons. The SMILES string of the molecule is CC(C)NS(=O)(=O)c1ccc(Cl)c(C(=O)Nc2ccc(-n3cnc4ccccc43)cc2)c1. The molecule has 0 saturated heterocycles. The van der Waals surface area contributed by atoms with E-state index in [-0.39, 0.29) is 21.5 Å². The van der Waals surface area contributed by atoms with E-state index < -0.39 is 15.9 Å². The Labute approximate surface area is 191 Å². The van der Waals surface area contributed by atoms with Crippen molar-refractivity contribution in [3.8, 4) is 5.69 Å². The fraction of sp³-hybridized carbons (Fsp3) is 0.130. The lowest BCUT2D eigenvalue weighted by molar-refractivity contribution is 0.102. The molecule has 0 aliphatic carbocycles. The topological polar surface area (TPSA) is 93.1 Å². The number of hydrogen-bond donors (Lipinski definition) is 2. The van der Waals surface area contributed by atoms with Crippen LogP contribution in [0.25, 0.3) is 16.7 Å². The van der Waals surface area contributed by atoms with E-state index in [1.807, 2.05) is 41.0 Å². The summed E-state index contributed by atoms with van der Waals surface area (Å²) in [6.45, 7) is 3.44. The zero-order valence-corrected chi connectivity index (χ0v) is 19.0. The van der Waals surface area contributed by atoms with Crippen molar-refractivity contribution >= 4 is 44.3 Å². The predicted molar refractivity (Wildman–Crippen MR) is 126 cm³/mol. The summed E-state index contributed by atoms with van der Waals surface area (Å²) in [5, 5.41) is 2.92. The Morgan fingerprint density at radius 2 is 1.75 bits per heavy atom. The summed E-state index contributed by atoms with van der Waals surface area (Å²) < 4.78 is 29.3. The molecule has 32 heavy (non-hydrogen) atoms. The number of carbonyl (C=O) groups is 1. The molecule has 0 spiro atoms. The summed E-state index contributed by atoms with van der Waals surface area (Å²) in [6.07, 6.45) is 1.75. The number of aromatic nitrogens is 2. The molecule has 0 atom stereocenters. The Balaban J connectivity index is 1.56. The summed E-state index contributed by atoms with van der Waals surface area (Å²) in [6, 6.07) is 18.8. The molecule has 0 fully saturated rings. The molecule has 9 heteroatoms. The third kappa shape index (κ3) is 4.52. The highest BCUT2D eigenvalue weighted by Crippen LogP contribution is 2.23. The lowest BCUT2D eigenvalue weighted by atomic mass is 10.2. The molecular formula is C23H21ClN4O3S. The average Bonchev–Trinajstić information content (AvgIpc) is 3.17. The van der Waals surface area contributed by atoms with Crippen molar-refractivity contribution in [1.82, 2.24) is 14.3 Å². The number of benzene rings is 3. The van der Waals surface area contributed by atoms with Crippen LogP contribution >= 0.6 is 11.6 Å². The number of anilines is 1. The Bertz CT molecular complexity index is 1400. The molecule has 2 N–H and O–H groups in total. The summed E-state index contributed by atoms with van der Waals surface area (Å²) in [5.74, 6) is -0.502. The van der Waals surface area contributed by atoms with Crippen LogP contribution < -0.4 is 10.0 Å². The smallest absolute Gasteiger partial charge is 0.257 e. The summed E-state index contributed by atoms with van der Waals surface area (Å²) in [4.78, 5) is 17.2. The van der Waals surface area contributed by atoms with Crippen molar-refractivity contribution in [1.29, 1.82) is 0 Å². The van der Waals surface area contributed by atoms with Gasteiger partial charge in [-0.25, -0.2) is 18.1 Å². The van der Waals surface area contributed by atoms with Gasteiger partial charge < -0.3 is 5.32 Å². The minimum Gasteiger partial charge on any atom is -0.322 e. The number of hydrogen-bond acceptors (Lipinski definition) is 4. The monoisotopic (exact) mass is 468 g/mol. The third-order valence-electron chi connectivity index (χ3n) is 4.74. The molecular weight excluding hydrogens is 448 g/mol. The minimum absolute atomic E-state index is 0.0249. The van der Waals surface area contributed by atoms with Gasteiger partial charge in [-0.1, -0.05) is 23.7 Å². The fourth-order valence-corrected chi connectivity index (χ4v) is 4.77. The molecule has 0 saturated carbocycles. The van der Waals surface area contributed by atoms with Gasteiger partial charge in [-0.2, -0.15) is 0 Å². The highest BCUT2D eigenvalue weighted by molar-refractivity contribution is 7.89. The number of para-hydroxylation sites is 2. The summed E-state index contributed by atoms with van der Waals surface area (Å²) >= 11 is 6.18. The molecule has 0 unspecified atom stereocenters. The van der Waals surface area contributed by atoms with E-state index in [0.717, 1.165) is 16.7 Å². The Kier molecular flexibility index (Phi) is 6.01. The van der Waals surface area contributed by atoms with Crippen LogP contribution in [-0.2, 0) is 10.0 Å². The number of rotatable bonds is 6. The molecule has 1 amide bonds. The van der Waals surface area contributed by atoms with Crippen molar-refractivity contribution < 1.29 is 13.2 Å². The number of carbonyl (C=O) groups excluding carboxylic acids is 1. The Hall–Kier alpha value is -3.20. The van der Waals surface area contributed by atoms with Gasteiger partial charge in [0.25, 0.3) is 5.91 Å². The van der Waals surface area contributed by atoms with Gasteiger partial charge in [0.15, 0.2) is 0 Å². The Morgan fingerprint density at radius 3 is 2.47 bits per heavy atom. The van der Waals surface area contributed by atoms with Gasteiger partial charge in [-0.05, 0) is 68.4 Å². The van der Waals surface area contributed by atoms with E-state index in [1.165, 1.54) is 18.2 Å². The van der Waals surface area contributed by atoms with Crippen molar-refractivity contribution in [2.75, 3.05) is 5.32 Å². The van der Waals surface area contributed by atoms with Crippen LogP contribution in [0.4, 0.5) is 5.69 Å². The van der Waals surface area contributed by atoms with E-state index in [9.17, 15) is 13.2 Å². The second-order valence-corrected chi connectivity index (χ2v) is 9.64. The van der Waals surface area contributed by atoms with Crippen LogP contribution in [0.3, 0.4) is 0 Å². The zero-order valence-electron chi connectivity index (χ0n) is 17.4. The fourth-order valence-electron chi connectivity index (χ4n) is 3.29. The van der Waals surface area contributed by atoms with Crippen molar-refractivity contribution in [2.45, 2.75) is 24.8 Å². The number of imidazole rings is 1. The number of fused-ring (bicyclic) bond motifs is 1. The predicted octanol–water partition coefficient (Wildman–Crippen LogP) is 4.62. The van der Waals surface area contributed by atoms with Crippen LogP contribution in [0.5, 0.6) is 0 Å². The van der Waals surface area contributed by atoms with Crippen LogP contribution in [0.15, 0.2) is 78.0 Å². The maximum absolute atomic E-state index is 12.8. The number of amides is 1. The summed E-state index contributed by atoms with van der Waals surface area (Å²) in [7, 11) is -3.75. The van der Waals surface area contributed by atoms with E-state index in [0.29, 0.717) is 5.69 Å². The first-order chi connectivity index (χ1) is 15.2. The third-order valence-corrected chi connectivity index (χ3v) is 6.73. The molecule has 4 rings (SSSR count). The van der Waals surface area contributed by atoms with E-state index in [4.69, 9.17) is 11.6 Å². The van der Waals surface area contributed by atoms with Gasteiger partial charge in [0.05, 0.1) is 26.5 Å². The first kappa shape index (κ1) is 22.0. The minimum atomic E-state index is -3.75. The van der Waals surface area contributed by atoms with Gasteiger partial charge in [0.2, 0.25) is 10.0 Å². The number of sulfonamides is 1. The van der Waals surface area contributed by atoms with Crippen molar-refractivity contribution in [3.63, 3.8) is 0 Å². The lowest BCUT2D eigenvalue weighted by Gasteiger charge is -2.12. The second kappa shape index (κ2) is 8.74. The maximum Gasteiger partial charge on any atom is 0.257 e. The first-order valence-electron chi connectivity index (χ1n) is 9.90. The molecule has 3 aromatic carbocycles. The van der Waals surface area contributed by atoms with Gasteiger partial charge in [-0.3, -0.25) is 9.36 Å². The van der Waals surface area contributed by atoms with E-state index >= 15 is 0 Å². The molecule has 1 aromatic heterocycles. The number of halogens is 1. The van der Waals surface area contributed by atoms with Gasteiger partial charge in [0, 0.05) is 17.4 Å². The van der Waals surface area contributed by atoms with Crippen LogP contribution in [-0.4, -0.2) is 29.9 Å². The first-order valence-corrected chi connectivity index (χ1v) is 11.8.